The number of carbonyl (C=O) groups excluding carboxylic acids is 1. The van der Waals surface area contributed by atoms with Crippen LogP contribution in [-0.4, -0.2) is 18.5 Å². The van der Waals surface area contributed by atoms with Gasteiger partial charge in [0.1, 0.15) is 0 Å². The van der Waals surface area contributed by atoms with Crippen LogP contribution >= 0.6 is 0 Å². The van der Waals surface area contributed by atoms with Crippen molar-refractivity contribution < 1.29 is 9.53 Å². The van der Waals surface area contributed by atoms with Crippen LogP contribution in [0.25, 0.3) is 0 Å². The predicted octanol–water partition coefficient (Wildman–Crippen LogP) is 1.19. The lowest BCUT2D eigenvalue weighted by atomic mass is 10.2. The van der Waals surface area contributed by atoms with Crippen molar-refractivity contribution in [2.75, 3.05) is 13.2 Å². The summed E-state index contributed by atoms with van der Waals surface area (Å²) in [5.74, 6) is 0. The normalized spacial score (nSPS) is 9.55. The quantitative estimate of drug-likeness (QED) is 0.375. The molecule has 0 aliphatic rings. The molecule has 0 aromatic heterocycles. The van der Waals surface area contributed by atoms with E-state index in [2.05, 4.69) is 17.4 Å². The zero-order chi connectivity index (χ0) is 8.53. The Morgan fingerprint density at radius 1 is 1.27 bits per heavy atom. The van der Waals surface area contributed by atoms with Gasteiger partial charge in [-0.3, -0.25) is 4.79 Å². The molecule has 4 heteroatoms. The second kappa shape index (κ2) is 7.75. The fraction of sp³-hybridized carbons (Fsp3) is 0.857. The minimum Gasteiger partial charge on any atom is -0.698 e. The number of hydrogen-bond acceptors (Lipinski definition) is 4. The lowest BCUT2D eigenvalue weighted by Gasteiger charge is -2.06. The highest BCUT2D eigenvalue weighted by molar-refractivity contribution is 7.76. The number of ether oxygens (including phenoxy) is 1. The summed E-state index contributed by atoms with van der Waals surface area (Å²) in [5.41, 5.74) is 5.29. The van der Waals surface area contributed by atoms with Crippen LogP contribution in [-0.2, 0) is 17.4 Å². The molecule has 0 unspecified atom stereocenters. The molecule has 11 heavy (non-hydrogen) atoms. The fourth-order valence-corrected chi connectivity index (χ4v) is 0.839. The van der Waals surface area contributed by atoms with Gasteiger partial charge in [-0.25, -0.2) is 0 Å². The van der Waals surface area contributed by atoms with Gasteiger partial charge in [-0.1, -0.05) is 12.8 Å². The first-order valence-electron chi connectivity index (χ1n) is 3.81. The average molecular weight is 176 g/mol. The van der Waals surface area contributed by atoms with Gasteiger partial charge in [0.25, 0.3) is 0 Å². The molecule has 0 fully saturated rings. The van der Waals surface area contributed by atoms with E-state index in [1.165, 1.54) is 0 Å². The molecular formula is C7H14NO2S-. The minimum atomic E-state index is -0.608. The third kappa shape index (κ3) is 9.65. The summed E-state index contributed by atoms with van der Waals surface area (Å²) in [6.07, 6.45) is 4.09. The Morgan fingerprint density at radius 2 is 1.91 bits per heavy atom. The molecule has 0 heterocycles. The van der Waals surface area contributed by atoms with Gasteiger partial charge >= 0.3 is 0 Å². The summed E-state index contributed by atoms with van der Waals surface area (Å²) in [5, 5.41) is -0.608. The molecule has 0 spiro atoms. The molecule has 66 valence electrons. The molecule has 0 aliphatic carbocycles. The summed E-state index contributed by atoms with van der Waals surface area (Å²) in [4.78, 5) is 10.1. The third-order valence-electron chi connectivity index (χ3n) is 1.32. The Bertz CT molecular complexity index is 109. The summed E-state index contributed by atoms with van der Waals surface area (Å²) in [6.45, 7) is 1.19. The van der Waals surface area contributed by atoms with E-state index >= 15 is 0 Å². The number of unbranched alkanes of at least 4 members (excludes halogenated alkanes) is 3. The molecule has 0 atom stereocenters. The SMILES string of the molecule is NCCCCCCOC(=O)[S-]. The first-order valence-corrected chi connectivity index (χ1v) is 4.22. The highest BCUT2D eigenvalue weighted by atomic mass is 32.1. The van der Waals surface area contributed by atoms with Crippen molar-refractivity contribution in [1.29, 1.82) is 0 Å². The van der Waals surface area contributed by atoms with Crippen LogP contribution in [0.2, 0.25) is 0 Å². The van der Waals surface area contributed by atoms with Crippen molar-refractivity contribution in [3.05, 3.63) is 0 Å². The summed E-state index contributed by atoms with van der Waals surface area (Å²) < 4.78 is 4.57. The Balaban J connectivity index is 2.85. The molecule has 0 aromatic carbocycles. The molecule has 2 N–H and O–H groups in total. The topological polar surface area (TPSA) is 52.3 Å². The lowest BCUT2D eigenvalue weighted by molar-refractivity contribution is 0.172. The number of rotatable bonds is 6. The number of hydrogen-bond donors (Lipinski definition) is 1. The second-order valence-electron chi connectivity index (χ2n) is 2.30. The summed E-state index contributed by atoms with van der Waals surface area (Å²) >= 11 is 4.20. The van der Waals surface area contributed by atoms with Crippen molar-refractivity contribution in [2.24, 2.45) is 5.73 Å². The van der Waals surface area contributed by atoms with Crippen molar-refractivity contribution in [2.45, 2.75) is 25.7 Å². The zero-order valence-corrected chi connectivity index (χ0v) is 7.36. The predicted molar refractivity (Wildman–Crippen MR) is 46.2 cm³/mol. The molecule has 3 nitrogen and oxygen atoms in total. The van der Waals surface area contributed by atoms with Gasteiger partial charge in [0.2, 0.25) is 0 Å². The Hall–Kier alpha value is -0.350. The molecule has 0 aromatic rings. The standard InChI is InChI=1S/C7H15NO2S/c8-5-3-1-2-4-6-10-7(9)11/h1-6,8H2,(H,9,11)/p-1. The maximum absolute atomic E-state index is 10.1. The van der Waals surface area contributed by atoms with Crippen LogP contribution in [0.15, 0.2) is 0 Å². The Kier molecular flexibility index (Phi) is 7.51. The van der Waals surface area contributed by atoms with E-state index in [4.69, 9.17) is 5.73 Å². The fourth-order valence-electron chi connectivity index (χ4n) is 0.755. The third-order valence-corrected chi connectivity index (χ3v) is 1.44. The maximum Gasteiger partial charge on any atom is 0.184 e. The Labute approximate surface area is 72.7 Å². The summed E-state index contributed by atoms with van der Waals surface area (Å²) in [7, 11) is 0. The molecule has 0 saturated carbocycles. The van der Waals surface area contributed by atoms with Crippen LogP contribution in [0.4, 0.5) is 4.79 Å². The zero-order valence-electron chi connectivity index (χ0n) is 6.54. The highest BCUT2D eigenvalue weighted by Gasteiger charge is 1.88. The number of nitrogens with two attached hydrogens (primary N) is 1. The van der Waals surface area contributed by atoms with E-state index in [0.717, 1.165) is 32.2 Å². The van der Waals surface area contributed by atoms with Gasteiger partial charge in [0.15, 0.2) is 5.30 Å². The molecule has 0 aliphatic heterocycles. The van der Waals surface area contributed by atoms with Gasteiger partial charge in [-0.2, -0.15) is 0 Å². The van der Waals surface area contributed by atoms with E-state index in [0.29, 0.717) is 6.61 Å². The molecular weight excluding hydrogens is 162 g/mol. The van der Waals surface area contributed by atoms with E-state index in [1.807, 2.05) is 0 Å². The lowest BCUT2D eigenvalue weighted by Crippen LogP contribution is -2.01. The first kappa shape index (κ1) is 10.7. The van der Waals surface area contributed by atoms with E-state index in [9.17, 15) is 4.79 Å². The minimum absolute atomic E-state index is 0.451. The van der Waals surface area contributed by atoms with Crippen LogP contribution in [0, 0.1) is 0 Å². The van der Waals surface area contributed by atoms with Gasteiger partial charge in [-0.15, -0.1) is 0 Å². The number of carbonyl (C=O) groups is 1. The molecule has 0 radical (unpaired) electrons. The smallest absolute Gasteiger partial charge is 0.184 e. The van der Waals surface area contributed by atoms with Gasteiger partial charge in [0.05, 0.1) is 6.61 Å². The van der Waals surface area contributed by atoms with E-state index in [-0.39, 0.29) is 0 Å². The molecule has 0 saturated heterocycles. The largest absolute Gasteiger partial charge is 0.698 e. The highest BCUT2D eigenvalue weighted by Crippen LogP contribution is 1.98. The van der Waals surface area contributed by atoms with Gasteiger partial charge in [0, 0.05) is 0 Å². The average Bonchev–Trinajstić information content (AvgIpc) is 1.96. The van der Waals surface area contributed by atoms with E-state index < -0.39 is 5.30 Å². The molecule has 0 amide bonds. The summed E-state index contributed by atoms with van der Waals surface area (Å²) in [6, 6.07) is 0. The van der Waals surface area contributed by atoms with Crippen molar-refractivity contribution >= 4 is 17.9 Å². The first-order chi connectivity index (χ1) is 5.27. The molecule has 0 rings (SSSR count). The second-order valence-corrected chi connectivity index (χ2v) is 2.63. The van der Waals surface area contributed by atoms with Gasteiger partial charge in [-0.05, 0) is 19.4 Å². The van der Waals surface area contributed by atoms with Crippen molar-refractivity contribution in [1.82, 2.24) is 0 Å². The van der Waals surface area contributed by atoms with Gasteiger partial charge < -0.3 is 23.1 Å². The van der Waals surface area contributed by atoms with Crippen LogP contribution in [0.1, 0.15) is 25.7 Å². The maximum atomic E-state index is 10.1. The van der Waals surface area contributed by atoms with Crippen LogP contribution in [0.5, 0.6) is 0 Å². The van der Waals surface area contributed by atoms with Crippen LogP contribution < -0.4 is 5.73 Å². The van der Waals surface area contributed by atoms with Crippen molar-refractivity contribution in [3.63, 3.8) is 0 Å². The monoisotopic (exact) mass is 176 g/mol. The Morgan fingerprint density at radius 3 is 2.45 bits per heavy atom. The van der Waals surface area contributed by atoms with E-state index in [1.54, 1.807) is 0 Å². The molecule has 0 bridgehead atoms. The van der Waals surface area contributed by atoms with Crippen molar-refractivity contribution in [3.8, 4) is 0 Å². The van der Waals surface area contributed by atoms with Crippen LogP contribution in [0.3, 0.4) is 0 Å².